The van der Waals surface area contributed by atoms with E-state index < -0.39 is 5.56 Å². The molecule has 1 unspecified atom stereocenters. The Morgan fingerprint density at radius 2 is 1.92 bits per heavy atom. The Balaban J connectivity index is 1.58. The number of nitrogens with one attached hydrogen (secondary N) is 1. The molecule has 26 heavy (non-hydrogen) atoms. The fourth-order valence-electron chi connectivity index (χ4n) is 3.15. The summed E-state index contributed by atoms with van der Waals surface area (Å²) < 4.78 is 1.13. The summed E-state index contributed by atoms with van der Waals surface area (Å²) in [7, 11) is 0. The van der Waals surface area contributed by atoms with Gasteiger partial charge in [0, 0.05) is 24.0 Å². The molecule has 0 spiro atoms. The van der Waals surface area contributed by atoms with E-state index in [4.69, 9.17) is 34.8 Å². The number of benzene rings is 1. The number of carbonyl (C=O) groups excluding carboxylic acids is 1. The zero-order valence-electron chi connectivity index (χ0n) is 13.6. The van der Waals surface area contributed by atoms with Gasteiger partial charge in [0.15, 0.2) is 0 Å². The van der Waals surface area contributed by atoms with E-state index in [2.05, 4.69) is 10.4 Å². The summed E-state index contributed by atoms with van der Waals surface area (Å²) >= 11 is 18.3. The highest BCUT2D eigenvalue weighted by Gasteiger charge is 2.39. The van der Waals surface area contributed by atoms with Crippen LogP contribution in [0.25, 0.3) is 5.69 Å². The second kappa shape index (κ2) is 6.76. The maximum absolute atomic E-state index is 12.6. The highest BCUT2D eigenvalue weighted by atomic mass is 35.5. The molecule has 4 rings (SSSR count). The van der Waals surface area contributed by atoms with Gasteiger partial charge in [0.1, 0.15) is 5.02 Å². The highest BCUT2D eigenvalue weighted by Crippen LogP contribution is 2.32. The highest BCUT2D eigenvalue weighted by molar-refractivity contribution is 6.36. The van der Waals surface area contributed by atoms with Crippen LogP contribution < -0.4 is 10.9 Å². The van der Waals surface area contributed by atoms with Gasteiger partial charge < -0.3 is 10.2 Å². The van der Waals surface area contributed by atoms with Crippen LogP contribution in [0.3, 0.4) is 0 Å². The molecule has 1 atom stereocenters. The topological polar surface area (TPSA) is 67.2 Å². The maximum Gasteiger partial charge on any atom is 0.292 e. The molecule has 0 radical (unpaired) electrons. The lowest BCUT2D eigenvalue weighted by molar-refractivity contribution is -0.128. The molecule has 2 fully saturated rings. The Kier molecular flexibility index (Phi) is 4.59. The number of rotatable bonds is 4. The summed E-state index contributed by atoms with van der Waals surface area (Å²) in [5.74, 6) is 0.135. The van der Waals surface area contributed by atoms with Crippen LogP contribution in [0.4, 0.5) is 5.69 Å². The van der Waals surface area contributed by atoms with Crippen molar-refractivity contribution in [2.45, 2.75) is 31.3 Å². The Labute approximate surface area is 164 Å². The molecule has 6 nitrogen and oxygen atoms in total. The van der Waals surface area contributed by atoms with Crippen molar-refractivity contribution in [2.24, 2.45) is 0 Å². The van der Waals surface area contributed by atoms with Gasteiger partial charge in [-0.2, -0.15) is 9.78 Å². The lowest BCUT2D eigenvalue weighted by Gasteiger charge is -2.17. The van der Waals surface area contributed by atoms with Crippen molar-refractivity contribution in [3.63, 3.8) is 0 Å². The van der Waals surface area contributed by atoms with Gasteiger partial charge in [-0.05, 0) is 31.0 Å². The molecular formula is C17H15Cl3N4O2. The van der Waals surface area contributed by atoms with Crippen molar-refractivity contribution in [1.29, 1.82) is 0 Å². The second-order valence-corrected chi connectivity index (χ2v) is 7.73. The van der Waals surface area contributed by atoms with Crippen LogP contribution in [0.5, 0.6) is 0 Å². The van der Waals surface area contributed by atoms with Gasteiger partial charge in [-0.25, -0.2) is 0 Å². The van der Waals surface area contributed by atoms with Crippen LogP contribution in [0, 0.1) is 0 Å². The third-order valence-corrected chi connectivity index (χ3v) is 5.47. The predicted molar refractivity (Wildman–Crippen MR) is 102 cm³/mol. The van der Waals surface area contributed by atoms with Gasteiger partial charge in [-0.3, -0.25) is 9.59 Å². The summed E-state index contributed by atoms with van der Waals surface area (Å²) in [6, 6.07) is 5.04. The van der Waals surface area contributed by atoms with E-state index in [9.17, 15) is 9.59 Å². The lowest BCUT2D eigenvalue weighted by Crippen LogP contribution is -2.30. The number of amides is 1. The SMILES string of the molecule is O=C1CC(Nc2cnn(-c3ccc(Cl)cc3Cl)c(=O)c2Cl)CN1C1CC1. The van der Waals surface area contributed by atoms with Gasteiger partial charge in [-0.15, -0.1) is 0 Å². The largest absolute Gasteiger partial charge is 0.377 e. The fraction of sp³-hybridized carbons (Fsp3) is 0.353. The molecule has 136 valence electrons. The average molecular weight is 414 g/mol. The van der Waals surface area contributed by atoms with Crippen molar-refractivity contribution >= 4 is 46.4 Å². The Hall–Kier alpha value is -1.76. The Bertz CT molecular complexity index is 942. The molecule has 1 aliphatic heterocycles. The maximum atomic E-state index is 12.6. The second-order valence-electron chi connectivity index (χ2n) is 6.51. The molecule has 1 aromatic carbocycles. The van der Waals surface area contributed by atoms with E-state index in [1.165, 1.54) is 12.3 Å². The minimum atomic E-state index is -0.496. The number of nitrogens with zero attached hydrogens (tertiary/aromatic N) is 3. The molecule has 1 aliphatic carbocycles. The van der Waals surface area contributed by atoms with Crippen LogP contribution in [0.1, 0.15) is 19.3 Å². The zero-order valence-corrected chi connectivity index (χ0v) is 15.9. The molecule has 2 aromatic rings. The molecule has 1 saturated heterocycles. The number of carbonyl (C=O) groups is 1. The van der Waals surface area contributed by atoms with E-state index in [-0.39, 0.29) is 17.0 Å². The van der Waals surface area contributed by atoms with Crippen LogP contribution in [0.15, 0.2) is 29.2 Å². The van der Waals surface area contributed by atoms with E-state index in [0.29, 0.717) is 40.4 Å². The van der Waals surface area contributed by atoms with Gasteiger partial charge in [0.25, 0.3) is 5.56 Å². The first-order chi connectivity index (χ1) is 12.4. The van der Waals surface area contributed by atoms with Gasteiger partial charge in [0.2, 0.25) is 5.91 Å². The van der Waals surface area contributed by atoms with Crippen molar-refractivity contribution in [3.8, 4) is 5.69 Å². The van der Waals surface area contributed by atoms with E-state index in [1.807, 2.05) is 4.90 Å². The van der Waals surface area contributed by atoms with Gasteiger partial charge in [0.05, 0.1) is 28.6 Å². The standard InChI is InChI=1S/C17H15Cl3N4O2/c18-9-1-4-14(12(19)5-9)24-17(26)16(20)13(7-21-24)22-10-6-15(25)23(8-10)11-2-3-11/h1,4-5,7,10-11,22H,2-3,6,8H2. The number of hydrogen-bond acceptors (Lipinski definition) is 4. The first-order valence-electron chi connectivity index (χ1n) is 8.23. The molecule has 1 N–H and O–H groups in total. The minimum absolute atomic E-state index is 0.00309. The number of aromatic nitrogens is 2. The number of hydrogen-bond donors (Lipinski definition) is 1. The normalized spacial score (nSPS) is 19.9. The van der Waals surface area contributed by atoms with Crippen molar-refractivity contribution in [1.82, 2.24) is 14.7 Å². The van der Waals surface area contributed by atoms with E-state index in [1.54, 1.807) is 12.1 Å². The summed E-state index contributed by atoms with van der Waals surface area (Å²) in [6.07, 6.45) is 4.00. The number of likely N-dealkylation sites (tertiary alicyclic amines) is 1. The first-order valence-corrected chi connectivity index (χ1v) is 9.36. The first kappa shape index (κ1) is 17.6. The van der Waals surface area contributed by atoms with Crippen LogP contribution in [-0.4, -0.2) is 39.2 Å². The third kappa shape index (κ3) is 3.29. The summed E-state index contributed by atoms with van der Waals surface area (Å²) in [5.41, 5.74) is 0.309. The minimum Gasteiger partial charge on any atom is -0.377 e. The third-order valence-electron chi connectivity index (χ3n) is 4.56. The smallest absolute Gasteiger partial charge is 0.292 e. The summed E-state index contributed by atoms with van der Waals surface area (Å²) in [5, 5.41) is 8.09. The van der Waals surface area contributed by atoms with Crippen LogP contribution >= 0.6 is 34.8 Å². The fourth-order valence-corrected chi connectivity index (χ4v) is 3.82. The molecule has 2 aliphatic rings. The van der Waals surface area contributed by atoms with Crippen LogP contribution in [-0.2, 0) is 4.79 Å². The van der Waals surface area contributed by atoms with E-state index in [0.717, 1.165) is 17.5 Å². The van der Waals surface area contributed by atoms with Gasteiger partial charge >= 0.3 is 0 Å². The predicted octanol–water partition coefficient (Wildman–Crippen LogP) is 3.37. The molecule has 9 heteroatoms. The average Bonchev–Trinajstić information content (AvgIpc) is 3.37. The molecule has 1 amide bonds. The van der Waals surface area contributed by atoms with E-state index >= 15 is 0 Å². The van der Waals surface area contributed by atoms with Crippen molar-refractivity contribution < 1.29 is 4.79 Å². The molecular weight excluding hydrogens is 399 g/mol. The van der Waals surface area contributed by atoms with Crippen LogP contribution in [0.2, 0.25) is 15.1 Å². The summed E-state index contributed by atoms with van der Waals surface area (Å²) in [4.78, 5) is 26.6. The van der Waals surface area contributed by atoms with Gasteiger partial charge in [-0.1, -0.05) is 34.8 Å². The zero-order chi connectivity index (χ0) is 18.4. The number of halogens is 3. The quantitative estimate of drug-likeness (QED) is 0.834. The Morgan fingerprint density at radius 1 is 1.15 bits per heavy atom. The number of anilines is 1. The molecule has 1 saturated carbocycles. The lowest BCUT2D eigenvalue weighted by atomic mass is 10.2. The molecule has 0 bridgehead atoms. The summed E-state index contributed by atoms with van der Waals surface area (Å²) in [6.45, 7) is 0.617. The monoisotopic (exact) mass is 412 g/mol. The molecule has 2 heterocycles. The van der Waals surface area contributed by atoms with Crippen molar-refractivity contribution in [2.75, 3.05) is 11.9 Å². The molecule has 1 aromatic heterocycles. The van der Waals surface area contributed by atoms with Crippen molar-refractivity contribution in [3.05, 3.63) is 49.8 Å². The Morgan fingerprint density at radius 3 is 2.62 bits per heavy atom.